The number of hydrogen-bond acceptors (Lipinski definition) is 8. The van der Waals surface area contributed by atoms with Crippen LogP contribution in [0.2, 0.25) is 0 Å². The molecule has 0 radical (unpaired) electrons. The number of hydrogen-bond donors (Lipinski definition) is 1. The highest BCUT2D eigenvalue weighted by molar-refractivity contribution is 6.15. The van der Waals surface area contributed by atoms with Crippen molar-refractivity contribution in [2.45, 2.75) is 52.1 Å². The average molecular weight is 579 g/mol. The summed E-state index contributed by atoms with van der Waals surface area (Å²) in [5.74, 6) is -0.421. The van der Waals surface area contributed by atoms with Gasteiger partial charge in [0.15, 0.2) is 5.78 Å². The van der Waals surface area contributed by atoms with Crippen LogP contribution in [0.3, 0.4) is 0 Å². The van der Waals surface area contributed by atoms with Crippen LogP contribution >= 0.6 is 0 Å². The molecule has 3 rings (SSSR count). The second-order valence-corrected chi connectivity index (χ2v) is 10.9. The molecule has 0 bridgehead atoms. The van der Waals surface area contributed by atoms with Gasteiger partial charge in [0.05, 0.1) is 9.85 Å². The van der Waals surface area contributed by atoms with Crippen molar-refractivity contribution in [3.8, 4) is 0 Å². The number of nitro groups is 2. The van der Waals surface area contributed by atoms with Crippen LogP contribution in [0.4, 0.5) is 16.2 Å². The van der Waals surface area contributed by atoms with Crippen molar-refractivity contribution < 1.29 is 29.0 Å². The van der Waals surface area contributed by atoms with Gasteiger partial charge in [-0.3, -0.25) is 29.8 Å². The van der Waals surface area contributed by atoms with Gasteiger partial charge >= 0.3 is 6.09 Å². The Morgan fingerprint density at radius 2 is 1.33 bits per heavy atom. The summed E-state index contributed by atoms with van der Waals surface area (Å²) in [6, 6.07) is 11.5. The zero-order valence-corrected chi connectivity index (χ0v) is 23.8. The van der Waals surface area contributed by atoms with Crippen molar-refractivity contribution in [1.82, 2.24) is 10.2 Å². The van der Waals surface area contributed by atoms with Gasteiger partial charge in [-0.15, -0.1) is 0 Å². The molecule has 0 unspecified atom stereocenters. The van der Waals surface area contributed by atoms with Crippen molar-refractivity contribution in [3.05, 3.63) is 91.0 Å². The number of carbonyl (C=O) groups is 3. The molecule has 12 heteroatoms. The first-order chi connectivity index (χ1) is 19.8. The van der Waals surface area contributed by atoms with Gasteiger partial charge in [0, 0.05) is 61.5 Å². The van der Waals surface area contributed by atoms with Crippen molar-refractivity contribution in [1.29, 1.82) is 0 Å². The molecule has 0 aliphatic carbocycles. The number of ketones is 1. The molecule has 0 saturated carbocycles. The monoisotopic (exact) mass is 578 g/mol. The maximum absolute atomic E-state index is 13.4. The Bertz CT molecular complexity index is 1310. The highest BCUT2D eigenvalue weighted by Crippen LogP contribution is 2.25. The summed E-state index contributed by atoms with van der Waals surface area (Å²) in [5, 5.41) is 24.7. The molecule has 222 valence electrons. The molecule has 2 aromatic carbocycles. The maximum atomic E-state index is 13.4. The smallest absolute Gasteiger partial charge is 0.407 e. The van der Waals surface area contributed by atoms with Gasteiger partial charge in [0.1, 0.15) is 5.60 Å². The molecule has 1 N–H and O–H groups in total. The molecule has 1 aliphatic heterocycles. The summed E-state index contributed by atoms with van der Waals surface area (Å²) in [4.78, 5) is 60.8. The van der Waals surface area contributed by atoms with Gasteiger partial charge in [0.2, 0.25) is 5.91 Å². The van der Waals surface area contributed by atoms with E-state index in [0.717, 1.165) is 0 Å². The molecule has 0 spiro atoms. The van der Waals surface area contributed by atoms with E-state index in [1.54, 1.807) is 37.8 Å². The van der Waals surface area contributed by atoms with Gasteiger partial charge in [0.25, 0.3) is 11.4 Å². The predicted molar refractivity (Wildman–Crippen MR) is 156 cm³/mol. The van der Waals surface area contributed by atoms with E-state index in [0.29, 0.717) is 48.1 Å². The standard InChI is InChI=1S/C30H34N4O8/c1-30(2,3)42-29(37)31-16-6-4-5-7-27(35)32-19-23(17-21-8-12-25(13-9-21)33(38)39)28(36)24(20-32)18-22-10-14-26(15-11-22)34(40)41/h8-15,17-18H,4-7,16,19-20H2,1-3H3,(H,31,37)/b23-17+,24-18+. The lowest BCUT2D eigenvalue weighted by Gasteiger charge is -2.30. The van der Waals surface area contributed by atoms with E-state index in [1.165, 1.54) is 48.5 Å². The minimum absolute atomic E-state index is 0.0758. The molecule has 12 nitrogen and oxygen atoms in total. The second kappa shape index (κ2) is 14.2. The number of benzene rings is 2. The van der Waals surface area contributed by atoms with Crippen LogP contribution in [-0.2, 0) is 14.3 Å². The predicted octanol–water partition coefficient (Wildman–Crippen LogP) is 5.47. The average Bonchev–Trinajstić information content (AvgIpc) is 2.92. The lowest BCUT2D eigenvalue weighted by Crippen LogP contribution is -2.41. The number of piperidine rings is 1. The van der Waals surface area contributed by atoms with Crippen LogP contribution in [0.25, 0.3) is 12.2 Å². The van der Waals surface area contributed by atoms with Gasteiger partial charge in [-0.05, 0) is 81.2 Å². The minimum Gasteiger partial charge on any atom is -0.444 e. The molecular formula is C30H34N4O8. The number of nitrogens with one attached hydrogen (secondary N) is 1. The number of unbranched alkanes of at least 4 members (excludes halogenated alkanes) is 2. The summed E-state index contributed by atoms with van der Waals surface area (Å²) in [6.07, 6.45) is 4.93. The highest BCUT2D eigenvalue weighted by Gasteiger charge is 2.29. The molecule has 2 aromatic rings. The lowest BCUT2D eigenvalue weighted by molar-refractivity contribution is -0.385. The van der Waals surface area contributed by atoms with Gasteiger partial charge in [-0.2, -0.15) is 0 Å². The van der Waals surface area contributed by atoms with Gasteiger partial charge < -0.3 is 15.0 Å². The molecule has 1 fully saturated rings. The Labute approximate surface area is 243 Å². The summed E-state index contributed by atoms with van der Waals surface area (Å²) >= 11 is 0. The lowest BCUT2D eigenvalue weighted by atomic mass is 9.93. The van der Waals surface area contributed by atoms with Crippen LogP contribution in [0.5, 0.6) is 0 Å². The minimum atomic E-state index is -0.579. The first-order valence-electron chi connectivity index (χ1n) is 13.5. The third-order valence-corrected chi connectivity index (χ3v) is 6.28. The fraction of sp³-hybridized carbons (Fsp3) is 0.367. The number of alkyl carbamates (subject to hydrolysis) is 1. The number of rotatable bonds is 10. The summed E-state index contributed by atoms with van der Waals surface area (Å²) in [5.41, 5.74) is 1.10. The fourth-order valence-corrected chi connectivity index (χ4v) is 4.24. The number of Topliss-reactive ketones (excluding diaryl/α,β-unsaturated/α-hetero) is 1. The van der Waals surface area contributed by atoms with E-state index in [-0.39, 0.29) is 42.6 Å². The SMILES string of the molecule is CC(C)(C)OC(=O)NCCCCCC(=O)N1C/C(=C\c2ccc([N+](=O)[O-])cc2)C(=O)/C(=C/c2ccc([N+](=O)[O-])cc2)C1. The van der Waals surface area contributed by atoms with Crippen LogP contribution in [0.1, 0.15) is 57.6 Å². The molecule has 1 aliphatic rings. The zero-order valence-electron chi connectivity index (χ0n) is 23.8. The normalized spacial score (nSPS) is 15.5. The number of likely N-dealkylation sites (tertiary alicyclic amines) is 1. The van der Waals surface area contributed by atoms with E-state index in [2.05, 4.69) is 5.32 Å². The van der Waals surface area contributed by atoms with E-state index < -0.39 is 21.5 Å². The Hall–Kier alpha value is -4.87. The summed E-state index contributed by atoms with van der Waals surface area (Å²) in [7, 11) is 0. The topological polar surface area (TPSA) is 162 Å². The Balaban J connectivity index is 1.70. The molecule has 42 heavy (non-hydrogen) atoms. The number of nitrogens with zero attached hydrogens (tertiary/aromatic N) is 3. The van der Waals surface area contributed by atoms with Gasteiger partial charge in [-0.25, -0.2) is 4.79 Å². The van der Waals surface area contributed by atoms with Crippen molar-refractivity contribution in [3.63, 3.8) is 0 Å². The van der Waals surface area contributed by atoms with Crippen LogP contribution in [0.15, 0.2) is 59.7 Å². The Morgan fingerprint density at radius 3 is 1.76 bits per heavy atom. The van der Waals surface area contributed by atoms with Crippen molar-refractivity contribution in [2.24, 2.45) is 0 Å². The second-order valence-electron chi connectivity index (χ2n) is 10.9. The quantitative estimate of drug-likeness (QED) is 0.168. The van der Waals surface area contributed by atoms with Crippen LogP contribution in [-0.4, -0.2) is 57.8 Å². The largest absolute Gasteiger partial charge is 0.444 e. The Kier molecular flexibility index (Phi) is 10.7. The zero-order chi connectivity index (χ0) is 30.9. The number of non-ortho nitro benzene ring substituents is 2. The molecule has 1 heterocycles. The number of ether oxygens (including phenoxy) is 1. The van der Waals surface area contributed by atoms with Crippen LogP contribution in [0, 0.1) is 20.2 Å². The highest BCUT2D eigenvalue weighted by atomic mass is 16.6. The first-order valence-corrected chi connectivity index (χ1v) is 13.5. The molecule has 0 aromatic heterocycles. The number of carbonyl (C=O) groups excluding carboxylic acids is 3. The molecule has 0 atom stereocenters. The number of nitro benzene ring substituents is 2. The van der Waals surface area contributed by atoms with E-state index >= 15 is 0 Å². The van der Waals surface area contributed by atoms with Crippen molar-refractivity contribution >= 4 is 41.3 Å². The Morgan fingerprint density at radius 1 is 0.857 bits per heavy atom. The number of amides is 2. The molecular weight excluding hydrogens is 544 g/mol. The third-order valence-electron chi connectivity index (χ3n) is 6.28. The maximum Gasteiger partial charge on any atom is 0.407 e. The summed E-state index contributed by atoms with van der Waals surface area (Å²) in [6.45, 7) is 5.92. The summed E-state index contributed by atoms with van der Waals surface area (Å²) < 4.78 is 5.20. The third kappa shape index (κ3) is 9.65. The van der Waals surface area contributed by atoms with Gasteiger partial charge in [-0.1, -0.05) is 6.42 Å². The molecule has 1 saturated heterocycles. The molecule has 2 amide bonds. The van der Waals surface area contributed by atoms with E-state index in [9.17, 15) is 34.6 Å². The van der Waals surface area contributed by atoms with Crippen molar-refractivity contribution in [2.75, 3.05) is 19.6 Å². The van der Waals surface area contributed by atoms with Crippen LogP contribution < -0.4 is 5.32 Å². The fourth-order valence-electron chi connectivity index (χ4n) is 4.24. The van der Waals surface area contributed by atoms with E-state index in [4.69, 9.17) is 4.74 Å². The first kappa shape index (κ1) is 31.7. The van der Waals surface area contributed by atoms with E-state index in [1.807, 2.05) is 0 Å².